The molecule has 0 radical (unpaired) electrons. The van der Waals surface area contributed by atoms with E-state index in [1.54, 1.807) is 0 Å². The highest BCUT2D eigenvalue weighted by molar-refractivity contribution is 6.99. The summed E-state index contributed by atoms with van der Waals surface area (Å²) in [7, 11) is -2.55. The summed E-state index contributed by atoms with van der Waals surface area (Å²) in [6.45, 7) is 19.2. The molecule has 2 aromatic carbocycles. The van der Waals surface area contributed by atoms with Crippen molar-refractivity contribution in [3.05, 3.63) is 85.5 Å². The average Bonchev–Trinajstić information content (AvgIpc) is 2.76. The Morgan fingerprint density at radius 1 is 0.938 bits per heavy atom. The molecule has 32 heavy (non-hydrogen) atoms. The quantitative estimate of drug-likeness (QED) is 0.306. The van der Waals surface area contributed by atoms with E-state index in [0.29, 0.717) is 18.8 Å². The molecule has 0 heterocycles. The molecule has 0 saturated carbocycles. The SMILES string of the molecule is C=C[C@H](C)CC(=C)C[C@H](O)CC[C@H](C)O[Si](c1ccccc1)(c1ccccc1)C(C)(C)C. The molecular weight excluding hydrogens is 408 g/mol. The number of hydrogen-bond acceptors (Lipinski definition) is 2. The first kappa shape index (κ1) is 26.3. The Hall–Kier alpha value is -1.94. The van der Waals surface area contributed by atoms with E-state index in [1.165, 1.54) is 10.4 Å². The summed E-state index contributed by atoms with van der Waals surface area (Å²) in [5, 5.41) is 13.2. The number of aliphatic hydroxyl groups is 1. The number of benzene rings is 2. The lowest BCUT2D eigenvalue weighted by molar-refractivity contribution is 0.127. The van der Waals surface area contributed by atoms with E-state index in [4.69, 9.17) is 4.43 Å². The lowest BCUT2D eigenvalue weighted by Gasteiger charge is -2.44. The van der Waals surface area contributed by atoms with E-state index in [1.807, 2.05) is 6.08 Å². The number of hydrogen-bond donors (Lipinski definition) is 1. The van der Waals surface area contributed by atoms with Gasteiger partial charge in [-0.1, -0.05) is 107 Å². The summed E-state index contributed by atoms with van der Waals surface area (Å²) >= 11 is 0. The molecular formula is C29H42O2Si. The van der Waals surface area contributed by atoms with Crippen molar-refractivity contribution < 1.29 is 9.53 Å². The van der Waals surface area contributed by atoms with Gasteiger partial charge in [-0.3, -0.25) is 0 Å². The molecule has 0 saturated heterocycles. The van der Waals surface area contributed by atoms with Gasteiger partial charge in [0.2, 0.25) is 0 Å². The van der Waals surface area contributed by atoms with Gasteiger partial charge in [-0.15, -0.1) is 6.58 Å². The first-order valence-corrected chi connectivity index (χ1v) is 13.8. The predicted octanol–water partition coefficient (Wildman–Crippen LogP) is 6.25. The molecule has 3 heteroatoms. The van der Waals surface area contributed by atoms with Crippen molar-refractivity contribution in [2.75, 3.05) is 0 Å². The van der Waals surface area contributed by atoms with Crippen LogP contribution in [0.15, 0.2) is 85.5 Å². The van der Waals surface area contributed by atoms with Crippen molar-refractivity contribution in [1.82, 2.24) is 0 Å². The van der Waals surface area contributed by atoms with E-state index in [-0.39, 0.29) is 17.2 Å². The first-order chi connectivity index (χ1) is 15.1. The molecule has 0 aliphatic rings. The van der Waals surface area contributed by atoms with Gasteiger partial charge in [0, 0.05) is 6.10 Å². The van der Waals surface area contributed by atoms with Crippen LogP contribution in [0.25, 0.3) is 0 Å². The monoisotopic (exact) mass is 450 g/mol. The summed E-state index contributed by atoms with van der Waals surface area (Å²) in [5.41, 5.74) is 1.09. The lowest BCUT2D eigenvalue weighted by Crippen LogP contribution is -2.67. The zero-order chi connectivity index (χ0) is 23.8. The first-order valence-electron chi connectivity index (χ1n) is 11.9. The summed E-state index contributed by atoms with van der Waals surface area (Å²) in [6.07, 6.45) is 4.65. The minimum Gasteiger partial charge on any atom is -0.405 e. The summed E-state index contributed by atoms with van der Waals surface area (Å²) < 4.78 is 7.10. The molecule has 0 spiro atoms. The molecule has 0 aromatic heterocycles. The van der Waals surface area contributed by atoms with Crippen molar-refractivity contribution in [3.63, 3.8) is 0 Å². The second-order valence-corrected chi connectivity index (χ2v) is 14.4. The number of aliphatic hydroxyl groups excluding tert-OH is 1. The van der Waals surface area contributed by atoms with Gasteiger partial charge in [0.15, 0.2) is 0 Å². The molecule has 2 aromatic rings. The third-order valence-corrected chi connectivity index (χ3v) is 11.4. The summed E-state index contributed by atoms with van der Waals surface area (Å²) in [6, 6.07) is 21.4. The van der Waals surface area contributed by atoms with Crippen LogP contribution in [0.4, 0.5) is 0 Å². The van der Waals surface area contributed by atoms with Crippen molar-refractivity contribution in [2.45, 2.75) is 77.5 Å². The molecule has 0 fully saturated rings. The van der Waals surface area contributed by atoms with Gasteiger partial charge in [-0.25, -0.2) is 0 Å². The maximum absolute atomic E-state index is 10.6. The Bertz CT molecular complexity index is 799. The van der Waals surface area contributed by atoms with E-state index in [0.717, 1.165) is 18.4 Å². The molecule has 0 aliphatic carbocycles. The van der Waals surface area contributed by atoms with Crippen LogP contribution in [0.1, 0.15) is 60.3 Å². The van der Waals surface area contributed by atoms with Gasteiger partial charge >= 0.3 is 0 Å². The Labute approximate surface area is 197 Å². The fourth-order valence-electron chi connectivity index (χ4n) is 4.54. The van der Waals surface area contributed by atoms with Crippen LogP contribution in [0.3, 0.4) is 0 Å². The standard InChI is InChI=1S/C29H42O2Si/c1-8-23(2)21-24(3)22-26(30)20-19-25(4)31-32(29(5,6)7,27-15-11-9-12-16-27)28-17-13-10-14-18-28/h8-18,23,25-26,30H,1,3,19-22H2,2,4-7H3/t23-,25-,26+/m0/s1. The minimum atomic E-state index is -2.55. The van der Waals surface area contributed by atoms with Crippen LogP contribution < -0.4 is 10.4 Å². The third kappa shape index (κ3) is 6.78. The maximum Gasteiger partial charge on any atom is 0.261 e. The highest BCUT2D eigenvalue weighted by Crippen LogP contribution is 2.38. The van der Waals surface area contributed by atoms with E-state index >= 15 is 0 Å². The van der Waals surface area contributed by atoms with Crippen molar-refractivity contribution >= 4 is 18.7 Å². The van der Waals surface area contributed by atoms with E-state index in [2.05, 4.69) is 108 Å². The number of allylic oxidation sites excluding steroid dienone is 1. The van der Waals surface area contributed by atoms with Gasteiger partial charge in [0.05, 0.1) is 6.10 Å². The molecule has 0 aliphatic heterocycles. The van der Waals surface area contributed by atoms with Crippen LogP contribution in [-0.4, -0.2) is 25.6 Å². The van der Waals surface area contributed by atoms with Gasteiger partial charge in [-0.2, -0.15) is 0 Å². The average molecular weight is 451 g/mol. The van der Waals surface area contributed by atoms with Gasteiger partial charge in [0.1, 0.15) is 0 Å². The van der Waals surface area contributed by atoms with Crippen molar-refractivity contribution in [3.8, 4) is 0 Å². The largest absolute Gasteiger partial charge is 0.405 e. The maximum atomic E-state index is 10.6. The molecule has 3 atom stereocenters. The molecule has 0 amide bonds. The predicted molar refractivity (Wildman–Crippen MR) is 141 cm³/mol. The van der Waals surface area contributed by atoms with E-state index in [9.17, 15) is 5.11 Å². The molecule has 2 rings (SSSR count). The van der Waals surface area contributed by atoms with Gasteiger partial charge in [0.25, 0.3) is 8.32 Å². The fraction of sp³-hybridized carbons (Fsp3) is 0.448. The lowest BCUT2D eigenvalue weighted by atomic mass is 9.96. The number of rotatable bonds is 12. The summed E-state index contributed by atoms with van der Waals surface area (Å²) in [5.74, 6) is 0.395. The molecule has 2 nitrogen and oxygen atoms in total. The second-order valence-electron chi connectivity index (χ2n) is 10.2. The highest BCUT2D eigenvalue weighted by atomic mass is 28.4. The normalized spacial score (nSPS) is 15.1. The van der Waals surface area contributed by atoms with Gasteiger partial charge in [-0.05, 0) is 53.9 Å². The van der Waals surface area contributed by atoms with Crippen LogP contribution in [0.2, 0.25) is 5.04 Å². The van der Waals surface area contributed by atoms with Gasteiger partial charge < -0.3 is 9.53 Å². The Kier molecular flexibility index (Phi) is 9.69. The molecule has 174 valence electrons. The highest BCUT2D eigenvalue weighted by Gasteiger charge is 2.50. The zero-order valence-corrected chi connectivity index (χ0v) is 21.7. The van der Waals surface area contributed by atoms with Crippen LogP contribution >= 0.6 is 0 Å². The smallest absolute Gasteiger partial charge is 0.261 e. The Balaban J connectivity index is 2.20. The minimum absolute atomic E-state index is 0.0383. The molecule has 0 unspecified atom stereocenters. The van der Waals surface area contributed by atoms with Crippen LogP contribution in [0.5, 0.6) is 0 Å². The second kappa shape index (κ2) is 11.8. The zero-order valence-electron chi connectivity index (χ0n) is 20.7. The third-order valence-electron chi connectivity index (χ3n) is 6.24. The molecule has 1 N–H and O–H groups in total. The summed E-state index contributed by atoms with van der Waals surface area (Å²) in [4.78, 5) is 0. The van der Waals surface area contributed by atoms with Crippen molar-refractivity contribution in [1.29, 1.82) is 0 Å². The van der Waals surface area contributed by atoms with Crippen LogP contribution in [0, 0.1) is 5.92 Å². The van der Waals surface area contributed by atoms with Crippen LogP contribution in [-0.2, 0) is 4.43 Å². The van der Waals surface area contributed by atoms with E-state index < -0.39 is 8.32 Å². The Morgan fingerprint density at radius 3 is 1.88 bits per heavy atom. The topological polar surface area (TPSA) is 29.5 Å². The Morgan fingerprint density at radius 2 is 1.44 bits per heavy atom. The van der Waals surface area contributed by atoms with Crippen molar-refractivity contribution in [2.24, 2.45) is 5.92 Å². The fourth-order valence-corrected chi connectivity index (χ4v) is 9.27. The molecule has 0 bridgehead atoms.